The predicted molar refractivity (Wildman–Crippen MR) is 89.4 cm³/mol. The standard InChI is InChI=1S/C17H18F3N5O/c1-16(2,7-14(26)23-10-17(18,19)20)25-9-11(8-24-25)12-3-5-21-15-13(12)4-6-22-15/h3-6,8-9H,7,10H2,1-2H3,(H,21,22)(H,23,26). The molecule has 0 saturated heterocycles. The highest BCUT2D eigenvalue weighted by Crippen LogP contribution is 2.32. The molecular weight excluding hydrogens is 347 g/mol. The van der Waals surface area contributed by atoms with E-state index in [2.05, 4.69) is 15.1 Å². The molecule has 1 aromatic heterocycles. The number of rotatable bonds is 5. The van der Waals surface area contributed by atoms with Crippen molar-refractivity contribution in [2.75, 3.05) is 6.54 Å². The number of hydrogen-bond acceptors (Lipinski definition) is 3. The van der Waals surface area contributed by atoms with Gasteiger partial charge in [-0.2, -0.15) is 18.3 Å². The third kappa shape index (κ3) is 3.87. The minimum Gasteiger partial charge on any atom is -0.347 e. The van der Waals surface area contributed by atoms with Crippen LogP contribution >= 0.6 is 0 Å². The van der Waals surface area contributed by atoms with Crippen LogP contribution in [0.1, 0.15) is 20.3 Å². The summed E-state index contributed by atoms with van der Waals surface area (Å²) in [7, 11) is 0. The van der Waals surface area contributed by atoms with Gasteiger partial charge in [0, 0.05) is 29.7 Å². The van der Waals surface area contributed by atoms with Gasteiger partial charge in [0.2, 0.25) is 5.91 Å². The number of carbonyl (C=O) groups is 1. The van der Waals surface area contributed by atoms with Crippen LogP contribution in [0.2, 0.25) is 0 Å². The molecular formula is C17H18F3N5O. The molecule has 2 N–H and O–H groups in total. The van der Waals surface area contributed by atoms with E-state index in [1.54, 1.807) is 43.3 Å². The molecule has 0 saturated carbocycles. The molecule has 1 aromatic rings. The van der Waals surface area contributed by atoms with Gasteiger partial charge >= 0.3 is 6.18 Å². The van der Waals surface area contributed by atoms with Gasteiger partial charge in [-0.1, -0.05) is 0 Å². The number of halogens is 3. The second-order valence-corrected chi connectivity index (χ2v) is 6.65. The quantitative estimate of drug-likeness (QED) is 0.729. The number of nitrogens with one attached hydrogen (secondary N) is 2. The van der Waals surface area contributed by atoms with Crippen LogP contribution in [-0.4, -0.2) is 38.4 Å². The third-order valence-electron chi connectivity index (χ3n) is 4.05. The molecule has 0 spiro atoms. The number of carbonyl (C=O) groups excluding carboxylic acids is 1. The van der Waals surface area contributed by atoms with Gasteiger partial charge in [-0.05, 0) is 31.5 Å². The van der Waals surface area contributed by atoms with E-state index < -0.39 is 24.2 Å². The second-order valence-electron chi connectivity index (χ2n) is 6.65. The first-order chi connectivity index (χ1) is 12.2. The number of pyridine rings is 1. The van der Waals surface area contributed by atoms with E-state index in [1.807, 2.05) is 17.4 Å². The van der Waals surface area contributed by atoms with Gasteiger partial charge in [0.25, 0.3) is 0 Å². The topological polar surface area (TPSA) is 75.6 Å². The molecule has 2 aliphatic rings. The number of aromatic amines is 1. The predicted octanol–water partition coefficient (Wildman–Crippen LogP) is 3.18. The van der Waals surface area contributed by atoms with Crippen molar-refractivity contribution in [3.63, 3.8) is 0 Å². The highest BCUT2D eigenvalue weighted by Gasteiger charge is 2.30. The Labute approximate surface area is 147 Å². The summed E-state index contributed by atoms with van der Waals surface area (Å²) >= 11 is 0. The molecule has 0 aromatic carbocycles. The van der Waals surface area contributed by atoms with Gasteiger partial charge in [0.1, 0.15) is 12.4 Å². The number of hydrogen-bond donors (Lipinski definition) is 2. The van der Waals surface area contributed by atoms with Gasteiger partial charge < -0.3 is 10.3 Å². The van der Waals surface area contributed by atoms with Crippen molar-refractivity contribution in [2.24, 2.45) is 0 Å². The van der Waals surface area contributed by atoms with Gasteiger partial charge in [0.15, 0.2) is 0 Å². The lowest BCUT2D eigenvalue weighted by atomic mass is 10.00. The maximum atomic E-state index is 12.2. The Morgan fingerprint density at radius 2 is 2.04 bits per heavy atom. The van der Waals surface area contributed by atoms with E-state index in [4.69, 9.17) is 0 Å². The summed E-state index contributed by atoms with van der Waals surface area (Å²) in [5, 5.41) is 6.19. The Morgan fingerprint density at radius 3 is 2.77 bits per heavy atom. The van der Waals surface area contributed by atoms with Crippen LogP contribution in [0.5, 0.6) is 0 Å². The summed E-state index contributed by atoms with van der Waals surface area (Å²) in [5.74, 6) is 0.0716. The molecule has 3 rings (SSSR count). The van der Waals surface area contributed by atoms with Crippen molar-refractivity contribution < 1.29 is 18.0 Å². The fraction of sp³-hybridized carbons (Fsp3) is 0.353. The summed E-state index contributed by atoms with van der Waals surface area (Å²) in [4.78, 5) is 19.1. The monoisotopic (exact) mass is 365 g/mol. The van der Waals surface area contributed by atoms with E-state index >= 15 is 0 Å². The minimum atomic E-state index is -4.43. The smallest absolute Gasteiger partial charge is 0.347 e. The van der Waals surface area contributed by atoms with Crippen molar-refractivity contribution >= 4 is 5.91 Å². The lowest BCUT2D eigenvalue weighted by molar-refractivity contribution is -0.139. The lowest BCUT2D eigenvalue weighted by Gasteiger charge is -2.25. The summed E-state index contributed by atoms with van der Waals surface area (Å²) < 4.78 is 38.3. The van der Waals surface area contributed by atoms with E-state index in [1.165, 1.54) is 0 Å². The summed E-state index contributed by atoms with van der Waals surface area (Å²) in [5.41, 5.74) is 1.92. The fourth-order valence-electron chi connectivity index (χ4n) is 2.74. The maximum absolute atomic E-state index is 12.2. The first-order valence-corrected chi connectivity index (χ1v) is 7.97. The molecule has 0 bridgehead atoms. The number of nitrogens with zero attached hydrogens (tertiary/aromatic N) is 3. The Morgan fingerprint density at radius 1 is 1.27 bits per heavy atom. The van der Waals surface area contributed by atoms with Crippen LogP contribution in [0.4, 0.5) is 13.2 Å². The van der Waals surface area contributed by atoms with E-state index in [9.17, 15) is 18.0 Å². The Kier molecular flexibility index (Phi) is 4.47. The van der Waals surface area contributed by atoms with Gasteiger partial charge in [-0.25, -0.2) is 4.98 Å². The first-order valence-electron chi connectivity index (χ1n) is 7.97. The van der Waals surface area contributed by atoms with Crippen molar-refractivity contribution in [3.8, 4) is 22.5 Å². The number of amides is 1. The van der Waals surface area contributed by atoms with Crippen molar-refractivity contribution in [3.05, 3.63) is 36.9 Å². The molecule has 3 heterocycles. The first kappa shape index (κ1) is 18.0. The molecule has 0 aliphatic carbocycles. The van der Waals surface area contributed by atoms with Crippen molar-refractivity contribution in [1.29, 1.82) is 0 Å². The van der Waals surface area contributed by atoms with E-state index in [-0.39, 0.29) is 6.42 Å². The van der Waals surface area contributed by atoms with Crippen LogP contribution in [0.25, 0.3) is 22.5 Å². The summed E-state index contributed by atoms with van der Waals surface area (Å²) in [6.07, 6.45) is 2.36. The molecule has 0 atom stereocenters. The van der Waals surface area contributed by atoms with Crippen molar-refractivity contribution in [1.82, 2.24) is 25.1 Å². The van der Waals surface area contributed by atoms with Crippen LogP contribution in [-0.2, 0) is 10.3 Å². The number of H-pyrrole nitrogens is 1. The minimum absolute atomic E-state index is 0.125. The molecule has 6 nitrogen and oxygen atoms in total. The SMILES string of the molecule is CC(C)(CC(=O)NCC(F)(F)F)n1cc(-c2cc[nH]c3nccc2-3)cn1. The molecule has 2 aliphatic heterocycles. The van der Waals surface area contributed by atoms with Crippen LogP contribution < -0.4 is 5.32 Å². The molecule has 0 unspecified atom stereocenters. The lowest BCUT2D eigenvalue weighted by Crippen LogP contribution is -2.39. The zero-order valence-electron chi connectivity index (χ0n) is 14.3. The Bertz CT molecular complexity index is 881. The average molecular weight is 365 g/mol. The van der Waals surface area contributed by atoms with Crippen molar-refractivity contribution in [2.45, 2.75) is 32.0 Å². The van der Waals surface area contributed by atoms with Crippen LogP contribution in [0, 0.1) is 0 Å². The number of fused-ring (bicyclic) bond motifs is 1. The average Bonchev–Trinajstić information content (AvgIpc) is 3.21. The van der Waals surface area contributed by atoms with Crippen LogP contribution in [0.3, 0.4) is 0 Å². The fourth-order valence-corrected chi connectivity index (χ4v) is 2.74. The van der Waals surface area contributed by atoms with Gasteiger partial charge in [0.05, 0.1) is 18.2 Å². The molecule has 0 radical (unpaired) electrons. The third-order valence-corrected chi connectivity index (χ3v) is 4.05. The zero-order chi connectivity index (χ0) is 18.9. The zero-order valence-corrected chi connectivity index (χ0v) is 14.3. The molecule has 26 heavy (non-hydrogen) atoms. The number of aromatic nitrogens is 4. The van der Waals surface area contributed by atoms with Gasteiger partial charge in [-0.3, -0.25) is 9.48 Å². The van der Waals surface area contributed by atoms with Crippen LogP contribution in [0.15, 0.2) is 36.9 Å². The largest absolute Gasteiger partial charge is 0.405 e. The highest BCUT2D eigenvalue weighted by atomic mass is 19.4. The highest BCUT2D eigenvalue weighted by molar-refractivity contribution is 5.80. The molecule has 138 valence electrons. The number of alkyl halides is 3. The van der Waals surface area contributed by atoms with E-state index in [0.29, 0.717) is 0 Å². The molecule has 0 fully saturated rings. The molecule has 9 heteroatoms. The summed E-state index contributed by atoms with van der Waals surface area (Å²) in [6, 6.07) is 3.78. The summed E-state index contributed by atoms with van der Waals surface area (Å²) in [6.45, 7) is 2.15. The second kappa shape index (κ2) is 6.47. The Hall–Kier alpha value is -2.84. The molecule has 1 amide bonds. The van der Waals surface area contributed by atoms with E-state index in [0.717, 1.165) is 22.5 Å². The normalized spacial score (nSPS) is 12.5. The maximum Gasteiger partial charge on any atom is 0.405 e. The Balaban J connectivity index is 1.76. The van der Waals surface area contributed by atoms with Gasteiger partial charge in [-0.15, -0.1) is 0 Å².